The number of piperidine rings is 1. The van der Waals surface area contributed by atoms with Gasteiger partial charge in [0, 0.05) is 37.7 Å². The first-order chi connectivity index (χ1) is 16.5. The maximum absolute atomic E-state index is 12.4. The van der Waals surface area contributed by atoms with E-state index in [4.69, 9.17) is 9.15 Å². The molecule has 0 unspecified atom stereocenters. The van der Waals surface area contributed by atoms with Crippen molar-refractivity contribution in [2.75, 3.05) is 32.5 Å². The minimum absolute atomic E-state index is 0.143. The molecular formula is C25H31N5O3S. The van der Waals surface area contributed by atoms with Gasteiger partial charge in [0.2, 0.25) is 5.82 Å². The average molecular weight is 482 g/mol. The highest BCUT2D eigenvalue weighted by Gasteiger charge is 2.60. The zero-order chi connectivity index (χ0) is 23.9. The van der Waals surface area contributed by atoms with Gasteiger partial charge in [0.05, 0.1) is 18.4 Å². The molecule has 0 N–H and O–H groups in total. The van der Waals surface area contributed by atoms with E-state index in [9.17, 15) is 4.79 Å². The summed E-state index contributed by atoms with van der Waals surface area (Å²) in [7, 11) is 3.59. The lowest BCUT2D eigenvalue weighted by molar-refractivity contribution is 0.0985. The number of thioether (sulfide) groups is 1. The van der Waals surface area contributed by atoms with Crippen LogP contribution in [0.15, 0.2) is 34.2 Å². The van der Waals surface area contributed by atoms with Crippen molar-refractivity contribution < 1.29 is 13.9 Å². The Bertz CT molecular complexity index is 1210. The molecule has 0 bridgehead atoms. The van der Waals surface area contributed by atoms with Crippen LogP contribution in [-0.2, 0) is 12.5 Å². The molecule has 1 aromatic carbocycles. The summed E-state index contributed by atoms with van der Waals surface area (Å²) in [5, 5.41) is 9.51. The maximum Gasteiger partial charge on any atom is 0.202 e. The van der Waals surface area contributed by atoms with E-state index in [0.717, 1.165) is 48.2 Å². The van der Waals surface area contributed by atoms with Gasteiger partial charge >= 0.3 is 0 Å². The first-order valence-electron chi connectivity index (χ1n) is 11.8. The summed E-state index contributed by atoms with van der Waals surface area (Å²) in [4.78, 5) is 19.1. The number of hydrogen-bond acceptors (Lipinski definition) is 8. The highest BCUT2D eigenvalue weighted by molar-refractivity contribution is 7.99. The number of oxazole rings is 1. The molecule has 0 spiro atoms. The van der Waals surface area contributed by atoms with Crippen LogP contribution in [0.2, 0.25) is 0 Å². The van der Waals surface area contributed by atoms with Crippen molar-refractivity contribution in [3.8, 4) is 17.3 Å². The Morgan fingerprint density at radius 1 is 1.35 bits per heavy atom. The molecule has 8 nitrogen and oxygen atoms in total. The van der Waals surface area contributed by atoms with Gasteiger partial charge in [-0.3, -0.25) is 4.79 Å². The molecule has 34 heavy (non-hydrogen) atoms. The van der Waals surface area contributed by atoms with Crippen molar-refractivity contribution in [2.24, 2.45) is 13.0 Å². The molecule has 2 atom stereocenters. The van der Waals surface area contributed by atoms with Gasteiger partial charge < -0.3 is 18.6 Å². The van der Waals surface area contributed by atoms with Crippen molar-refractivity contribution >= 4 is 17.5 Å². The second-order valence-corrected chi connectivity index (χ2v) is 10.4. The number of ether oxygens (including phenoxy) is 1. The molecule has 3 aromatic rings. The number of carbonyl (C=O) groups is 1. The van der Waals surface area contributed by atoms with Gasteiger partial charge in [-0.25, -0.2) is 4.98 Å². The van der Waals surface area contributed by atoms with E-state index in [1.807, 2.05) is 31.5 Å². The number of ketones is 1. The van der Waals surface area contributed by atoms with E-state index in [1.54, 1.807) is 18.9 Å². The number of carbonyl (C=O) groups excluding carboxylic acids is 1. The molecule has 5 rings (SSSR count). The summed E-state index contributed by atoms with van der Waals surface area (Å²) < 4.78 is 12.9. The predicted octanol–water partition coefficient (Wildman–Crippen LogP) is 4.14. The Labute approximate surface area is 204 Å². The largest absolute Gasteiger partial charge is 0.496 e. The van der Waals surface area contributed by atoms with Crippen LogP contribution in [0.4, 0.5) is 0 Å². The number of aryl methyl sites for hydroxylation is 1. The molecule has 1 aliphatic carbocycles. The topological polar surface area (TPSA) is 86.3 Å². The molecule has 2 fully saturated rings. The number of hydrogen-bond donors (Lipinski definition) is 0. The highest BCUT2D eigenvalue weighted by Crippen LogP contribution is 2.59. The summed E-state index contributed by atoms with van der Waals surface area (Å²) in [6.07, 6.45) is 4.23. The lowest BCUT2D eigenvalue weighted by Crippen LogP contribution is -2.28. The van der Waals surface area contributed by atoms with Crippen molar-refractivity contribution in [1.82, 2.24) is 24.6 Å². The Hall–Kier alpha value is -2.65. The van der Waals surface area contributed by atoms with Gasteiger partial charge in [-0.1, -0.05) is 24.8 Å². The van der Waals surface area contributed by atoms with E-state index in [1.165, 1.54) is 18.4 Å². The molecule has 0 amide bonds. The van der Waals surface area contributed by atoms with Crippen LogP contribution >= 0.6 is 11.8 Å². The van der Waals surface area contributed by atoms with Crippen LogP contribution in [0.5, 0.6) is 5.75 Å². The molecule has 9 heteroatoms. The summed E-state index contributed by atoms with van der Waals surface area (Å²) in [6.45, 7) is 7.06. The van der Waals surface area contributed by atoms with Crippen molar-refractivity contribution in [3.63, 3.8) is 0 Å². The molecule has 2 aromatic heterocycles. The van der Waals surface area contributed by atoms with Gasteiger partial charge in [0.15, 0.2) is 23.1 Å². The van der Waals surface area contributed by atoms with Gasteiger partial charge in [-0.05, 0) is 49.9 Å². The minimum Gasteiger partial charge on any atom is -0.496 e. The third kappa shape index (κ3) is 4.05. The number of methoxy groups -OCH3 is 1. The summed E-state index contributed by atoms with van der Waals surface area (Å²) in [5.74, 6) is 3.87. The average Bonchev–Trinajstić information content (AvgIpc) is 3.13. The monoisotopic (exact) mass is 481 g/mol. The number of likely N-dealkylation sites (tertiary alicyclic amines) is 1. The number of Topliss-reactive ketones (excluding diaryl/α,β-unsaturated/α-hetero) is 1. The van der Waals surface area contributed by atoms with Crippen LogP contribution < -0.4 is 4.74 Å². The Morgan fingerprint density at radius 2 is 2.21 bits per heavy atom. The zero-order valence-electron chi connectivity index (χ0n) is 20.2. The SMILES string of the molecule is CCC(=O)c1cc([C@]23C[C@@H]2CN(CCCSc2nnc(-c4ocnc4C)n2C)C3)ccc1OC. The number of nitrogens with zero attached hydrogens (tertiary/aromatic N) is 5. The van der Waals surface area contributed by atoms with Crippen LogP contribution in [-0.4, -0.2) is 62.9 Å². The molecule has 1 aliphatic heterocycles. The summed E-state index contributed by atoms with van der Waals surface area (Å²) >= 11 is 1.72. The summed E-state index contributed by atoms with van der Waals surface area (Å²) in [5.41, 5.74) is 3.04. The Balaban J connectivity index is 1.16. The molecule has 1 saturated carbocycles. The molecule has 0 radical (unpaired) electrons. The standard InChI is InChI=1S/C25H31N5O3S/c1-5-20(31)19-11-17(7-8-21(19)32-4)25-12-18(25)13-30(14-25)9-6-10-34-24-28-27-23(29(24)3)22-16(2)26-15-33-22/h7-8,11,15,18H,5-6,9-10,12-14H2,1-4H3/t18-,25-/m1/s1. The van der Waals surface area contributed by atoms with E-state index in [-0.39, 0.29) is 11.2 Å². The van der Waals surface area contributed by atoms with Crippen LogP contribution in [0, 0.1) is 12.8 Å². The van der Waals surface area contributed by atoms with Crippen LogP contribution in [0.3, 0.4) is 0 Å². The van der Waals surface area contributed by atoms with Crippen molar-refractivity contribution in [2.45, 2.75) is 43.7 Å². The number of rotatable bonds is 10. The molecule has 1 saturated heterocycles. The second kappa shape index (κ2) is 9.19. The first kappa shape index (κ1) is 23.1. The fraction of sp³-hybridized carbons (Fsp3) is 0.520. The minimum atomic E-state index is 0.143. The lowest BCUT2D eigenvalue weighted by atomic mass is 9.92. The Kier molecular flexibility index (Phi) is 6.24. The normalized spacial score (nSPS) is 21.6. The molecular weight excluding hydrogens is 450 g/mol. The van der Waals surface area contributed by atoms with Crippen LogP contribution in [0.1, 0.15) is 47.8 Å². The fourth-order valence-corrected chi connectivity index (χ4v) is 6.07. The maximum atomic E-state index is 12.4. The van der Waals surface area contributed by atoms with E-state index < -0.39 is 0 Å². The quantitative estimate of drug-likeness (QED) is 0.243. The summed E-state index contributed by atoms with van der Waals surface area (Å²) in [6, 6.07) is 6.22. The smallest absolute Gasteiger partial charge is 0.202 e. The van der Waals surface area contributed by atoms with E-state index in [2.05, 4.69) is 32.2 Å². The lowest BCUT2D eigenvalue weighted by Gasteiger charge is -2.21. The zero-order valence-corrected chi connectivity index (χ0v) is 21.0. The van der Waals surface area contributed by atoms with Gasteiger partial charge in [-0.15, -0.1) is 10.2 Å². The third-order valence-electron chi connectivity index (χ3n) is 7.25. The van der Waals surface area contributed by atoms with Gasteiger partial charge in [0.1, 0.15) is 5.75 Å². The number of fused-ring (bicyclic) bond motifs is 1. The fourth-order valence-electron chi connectivity index (χ4n) is 5.24. The predicted molar refractivity (Wildman–Crippen MR) is 130 cm³/mol. The van der Waals surface area contributed by atoms with Gasteiger partial charge in [-0.2, -0.15) is 0 Å². The van der Waals surface area contributed by atoms with Crippen molar-refractivity contribution in [1.29, 1.82) is 0 Å². The Morgan fingerprint density at radius 3 is 2.94 bits per heavy atom. The highest BCUT2D eigenvalue weighted by atomic mass is 32.2. The van der Waals surface area contributed by atoms with E-state index in [0.29, 0.717) is 29.7 Å². The van der Waals surface area contributed by atoms with Crippen molar-refractivity contribution in [3.05, 3.63) is 41.4 Å². The molecule has 2 aliphatic rings. The number of benzene rings is 1. The van der Waals surface area contributed by atoms with Crippen LogP contribution in [0.25, 0.3) is 11.6 Å². The number of aromatic nitrogens is 4. The second-order valence-electron chi connectivity index (χ2n) is 9.32. The molecule has 180 valence electrons. The first-order valence-corrected chi connectivity index (χ1v) is 12.8. The van der Waals surface area contributed by atoms with E-state index >= 15 is 0 Å². The molecule has 3 heterocycles. The third-order valence-corrected chi connectivity index (χ3v) is 8.35. The van der Waals surface area contributed by atoms with Gasteiger partial charge in [0.25, 0.3) is 0 Å².